The summed E-state index contributed by atoms with van der Waals surface area (Å²) >= 11 is 2.95. The Kier molecular flexibility index (Phi) is 2.62. The van der Waals surface area contributed by atoms with E-state index in [4.69, 9.17) is 5.73 Å². The molecule has 1 heterocycles. The number of fused-ring (bicyclic) bond motifs is 1. The van der Waals surface area contributed by atoms with Crippen LogP contribution in [-0.2, 0) is 12.8 Å². The lowest BCUT2D eigenvalue weighted by atomic mass is 10.2. The van der Waals surface area contributed by atoms with E-state index in [1.54, 1.807) is 0 Å². The normalized spacial score (nSPS) is 13.9. The summed E-state index contributed by atoms with van der Waals surface area (Å²) in [6.45, 7) is 0. The number of nitrogens with two attached hydrogens (primary N) is 1. The third-order valence-corrected chi connectivity index (χ3v) is 3.79. The van der Waals surface area contributed by atoms with E-state index < -0.39 is 11.6 Å². The van der Waals surface area contributed by atoms with Crippen molar-refractivity contribution in [1.82, 2.24) is 9.78 Å². The molecule has 3 rings (SSSR count). The van der Waals surface area contributed by atoms with Gasteiger partial charge in [-0.3, -0.25) is 0 Å². The summed E-state index contributed by atoms with van der Waals surface area (Å²) in [6, 6.07) is 2.23. The first-order valence-corrected chi connectivity index (χ1v) is 6.38. The van der Waals surface area contributed by atoms with Gasteiger partial charge in [-0.25, -0.2) is 13.5 Å². The zero-order valence-electron chi connectivity index (χ0n) is 9.38. The molecule has 0 saturated heterocycles. The van der Waals surface area contributed by atoms with Gasteiger partial charge in [-0.2, -0.15) is 5.10 Å². The van der Waals surface area contributed by atoms with Crippen molar-refractivity contribution in [3.8, 4) is 5.69 Å². The SMILES string of the molecule is Nc1nn(-c2cc(F)c(Br)cc2F)c2c1CCC2. The van der Waals surface area contributed by atoms with Crippen molar-refractivity contribution < 1.29 is 8.78 Å². The maximum absolute atomic E-state index is 13.9. The van der Waals surface area contributed by atoms with Crippen molar-refractivity contribution >= 4 is 21.7 Å². The standard InChI is InChI=1S/C12H10BrF2N3/c13-7-4-9(15)11(5-8(7)14)18-10-3-1-2-6(10)12(16)17-18/h4-5H,1-3H2,(H2,16,17). The molecular formula is C12H10BrF2N3. The fourth-order valence-electron chi connectivity index (χ4n) is 2.34. The van der Waals surface area contributed by atoms with Gasteiger partial charge in [0.25, 0.3) is 0 Å². The molecule has 0 atom stereocenters. The van der Waals surface area contributed by atoms with Crippen molar-refractivity contribution in [3.63, 3.8) is 0 Å². The van der Waals surface area contributed by atoms with Crippen LogP contribution in [0.1, 0.15) is 17.7 Å². The van der Waals surface area contributed by atoms with Gasteiger partial charge in [0.1, 0.15) is 23.1 Å². The van der Waals surface area contributed by atoms with Crippen LogP contribution in [0.2, 0.25) is 0 Å². The Morgan fingerprint density at radius 1 is 1.22 bits per heavy atom. The van der Waals surface area contributed by atoms with Gasteiger partial charge in [0.05, 0.1) is 4.47 Å². The topological polar surface area (TPSA) is 43.8 Å². The molecule has 94 valence electrons. The van der Waals surface area contributed by atoms with Crippen LogP contribution in [0.4, 0.5) is 14.6 Å². The number of halogens is 3. The highest BCUT2D eigenvalue weighted by Crippen LogP contribution is 2.31. The minimum Gasteiger partial charge on any atom is -0.382 e. The van der Waals surface area contributed by atoms with Crippen LogP contribution in [-0.4, -0.2) is 9.78 Å². The predicted octanol–water partition coefficient (Wildman–Crippen LogP) is 2.98. The molecule has 2 aromatic rings. The molecule has 6 heteroatoms. The molecular weight excluding hydrogens is 304 g/mol. The van der Waals surface area contributed by atoms with Crippen LogP contribution in [0, 0.1) is 11.6 Å². The largest absolute Gasteiger partial charge is 0.382 e. The lowest BCUT2D eigenvalue weighted by molar-refractivity contribution is 0.579. The Balaban J connectivity index is 2.22. The van der Waals surface area contributed by atoms with Crippen LogP contribution in [0.3, 0.4) is 0 Å². The minimum absolute atomic E-state index is 0.0977. The molecule has 3 nitrogen and oxygen atoms in total. The van der Waals surface area contributed by atoms with E-state index in [1.165, 1.54) is 4.68 Å². The maximum atomic E-state index is 13.9. The van der Waals surface area contributed by atoms with Crippen molar-refractivity contribution in [1.29, 1.82) is 0 Å². The number of nitrogens with zero attached hydrogens (tertiary/aromatic N) is 2. The lowest BCUT2D eigenvalue weighted by Crippen LogP contribution is -2.05. The van der Waals surface area contributed by atoms with Gasteiger partial charge in [0, 0.05) is 17.3 Å². The number of hydrogen-bond donors (Lipinski definition) is 1. The van der Waals surface area contributed by atoms with Crippen molar-refractivity contribution in [2.24, 2.45) is 0 Å². The van der Waals surface area contributed by atoms with Gasteiger partial charge in [0.15, 0.2) is 0 Å². The summed E-state index contributed by atoms with van der Waals surface area (Å²) in [5, 5.41) is 4.11. The molecule has 1 aromatic heterocycles. The van der Waals surface area contributed by atoms with E-state index in [9.17, 15) is 8.78 Å². The first kappa shape index (κ1) is 11.6. The molecule has 0 bridgehead atoms. The van der Waals surface area contributed by atoms with Crippen LogP contribution in [0.25, 0.3) is 5.69 Å². The molecule has 0 spiro atoms. The molecule has 18 heavy (non-hydrogen) atoms. The van der Waals surface area contributed by atoms with Gasteiger partial charge in [-0.15, -0.1) is 0 Å². The average Bonchev–Trinajstić information content (AvgIpc) is 2.89. The van der Waals surface area contributed by atoms with Crippen molar-refractivity contribution in [3.05, 3.63) is 39.5 Å². The molecule has 0 aliphatic heterocycles. The summed E-state index contributed by atoms with van der Waals surface area (Å²) < 4.78 is 28.9. The van der Waals surface area contributed by atoms with Crippen molar-refractivity contribution in [2.45, 2.75) is 19.3 Å². The number of aromatic nitrogens is 2. The highest BCUT2D eigenvalue weighted by molar-refractivity contribution is 9.10. The molecule has 1 aliphatic rings. The second kappa shape index (κ2) is 4.05. The summed E-state index contributed by atoms with van der Waals surface area (Å²) in [4.78, 5) is 0. The summed E-state index contributed by atoms with van der Waals surface area (Å²) in [6.07, 6.45) is 2.61. The quantitative estimate of drug-likeness (QED) is 0.823. The molecule has 0 amide bonds. The number of nitrogen functional groups attached to an aromatic ring is 1. The Labute approximate surface area is 111 Å². The van der Waals surface area contributed by atoms with Gasteiger partial charge in [-0.1, -0.05) is 0 Å². The molecule has 1 aromatic carbocycles. The predicted molar refractivity (Wildman–Crippen MR) is 67.6 cm³/mol. The number of hydrogen-bond acceptors (Lipinski definition) is 2. The zero-order valence-corrected chi connectivity index (χ0v) is 11.0. The second-order valence-corrected chi connectivity index (χ2v) is 5.15. The third-order valence-electron chi connectivity index (χ3n) is 3.18. The first-order chi connectivity index (χ1) is 8.58. The minimum atomic E-state index is -0.527. The highest BCUT2D eigenvalue weighted by Gasteiger charge is 2.23. The van der Waals surface area contributed by atoms with Crippen molar-refractivity contribution in [2.75, 3.05) is 5.73 Å². The third kappa shape index (κ3) is 1.63. The number of benzene rings is 1. The average molecular weight is 314 g/mol. The van der Waals surface area contributed by atoms with Crippen LogP contribution < -0.4 is 5.73 Å². The van der Waals surface area contributed by atoms with Gasteiger partial charge in [-0.05, 0) is 41.3 Å². The number of anilines is 1. The molecule has 0 radical (unpaired) electrons. The van der Waals surface area contributed by atoms with Crippen LogP contribution >= 0.6 is 15.9 Å². The van der Waals surface area contributed by atoms with Gasteiger partial charge >= 0.3 is 0 Å². The summed E-state index contributed by atoms with van der Waals surface area (Å²) in [7, 11) is 0. The van der Waals surface area contributed by atoms with E-state index >= 15 is 0 Å². The van der Waals surface area contributed by atoms with E-state index in [2.05, 4.69) is 21.0 Å². The first-order valence-electron chi connectivity index (χ1n) is 5.59. The van der Waals surface area contributed by atoms with E-state index in [0.717, 1.165) is 42.7 Å². The van der Waals surface area contributed by atoms with Crippen LogP contribution in [0.15, 0.2) is 16.6 Å². The molecule has 1 aliphatic carbocycles. The molecule has 2 N–H and O–H groups in total. The highest BCUT2D eigenvalue weighted by atomic mass is 79.9. The number of rotatable bonds is 1. The maximum Gasteiger partial charge on any atom is 0.150 e. The zero-order chi connectivity index (χ0) is 12.9. The lowest BCUT2D eigenvalue weighted by Gasteiger charge is -2.07. The van der Waals surface area contributed by atoms with E-state index in [1.807, 2.05) is 0 Å². The fraction of sp³-hybridized carbons (Fsp3) is 0.250. The fourth-order valence-corrected chi connectivity index (χ4v) is 2.65. The van der Waals surface area contributed by atoms with Crippen LogP contribution in [0.5, 0.6) is 0 Å². The Bertz CT molecular complexity index is 637. The molecule has 0 saturated carbocycles. The van der Waals surface area contributed by atoms with Gasteiger partial charge in [0.2, 0.25) is 0 Å². The second-order valence-electron chi connectivity index (χ2n) is 4.29. The monoisotopic (exact) mass is 313 g/mol. The van der Waals surface area contributed by atoms with E-state index in [0.29, 0.717) is 5.82 Å². The Morgan fingerprint density at radius 2 is 2.00 bits per heavy atom. The molecule has 0 fully saturated rings. The molecule has 0 unspecified atom stereocenters. The van der Waals surface area contributed by atoms with E-state index in [-0.39, 0.29) is 10.2 Å². The summed E-state index contributed by atoms with van der Waals surface area (Å²) in [5.74, 6) is -0.641. The Hall–Kier alpha value is -1.43. The summed E-state index contributed by atoms with van der Waals surface area (Å²) in [5.41, 5.74) is 7.73. The Morgan fingerprint density at radius 3 is 2.78 bits per heavy atom. The van der Waals surface area contributed by atoms with Gasteiger partial charge < -0.3 is 5.73 Å². The smallest absolute Gasteiger partial charge is 0.150 e.